The van der Waals surface area contributed by atoms with E-state index in [1.165, 1.54) is 0 Å². The lowest BCUT2D eigenvalue weighted by Gasteiger charge is -2.23. The van der Waals surface area contributed by atoms with E-state index in [0.717, 1.165) is 0 Å². The zero-order valence-electron chi connectivity index (χ0n) is 10.4. The Morgan fingerprint density at radius 1 is 1.13 bits per heavy atom. The Bertz CT molecular complexity index is 251. The number of hydrogen-bond acceptors (Lipinski definition) is 3. The van der Waals surface area contributed by atoms with Gasteiger partial charge in [-0.3, -0.25) is 10.1 Å². The molecule has 0 unspecified atom stereocenters. The van der Waals surface area contributed by atoms with Crippen molar-refractivity contribution in [2.45, 2.75) is 53.6 Å². The first-order chi connectivity index (χ1) is 6.58. The minimum absolute atomic E-state index is 0.306. The average molecular weight is 215 g/mol. The molecule has 0 aliphatic heterocycles. The molecule has 0 atom stereocenters. The van der Waals surface area contributed by atoms with Crippen LogP contribution < -0.4 is 5.32 Å². The van der Waals surface area contributed by atoms with Crippen molar-refractivity contribution >= 4 is 12.0 Å². The number of rotatable bonds is 2. The van der Waals surface area contributed by atoms with Crippen molar-refractivity contribution in [3.8, 4) is 0 Å². The first-order valence-corrected chi connectivity index (χ1v) is 5.13. The second-order valence-electron chi connectivity index (χ2n) is 5.19. The molecule has 4 heteroatoms. The van der Waals surface area contributed by atoms with Crippen LogP contribution in [-0.4, -0.2) is 17.6 Å². The first-order valence-electron chi connectivity index (χ1n) is 5.13. The van der Waals surface area contributed by atoms with Crippen LogP contribution in [0.1, 0.15) is 48.0 Å². The van der Waals surface area contributed by atoms with Gasteiger partial charge < -0.3 is 4.74 Å². The van der Waals surface area contributed by atoms with Crippen LogP contribution in [0, 0.1) is 5.41 Å². The summed E-state index contributed by atoms with van der Waals surface area (Å²) in [5.41, 5.74) is -1.13. The second-order valence-corrected chi connectivity index (χ2v) is 5.19. The molecule has 0 fully saturated rings. The predicted octanol–water partition coefficient (Wildman–Crippen LogP) is 2.47. The number of hydrogen-bond donors (Lipinski definition) is 1. The lowest BCUT2D eigenvalue weighted by atomic mass is 9.89. The molecule has 1 N–H and O–H groups in total. The number of carbonyl (C=O) groups excluding carboxylic acids is 2. The topological polar surface area (TPSA) is 55.4 Å². The molecule has 0 spiro atoms. The summed E-state index contributed by atoms with van der Waals surface area (Å²) >= 11 is 0. The van der Waals surface area contributed by atoms with E-state index in [1.54, 1.807) is 34.6 Å². The van der Waals surface area contributed by atoms with Crippen LogP contribution >= 0.6 is 0 Å². The number of alkyl carbamates (subject to hydrolysis) is 1. The summed E-state index contributed by atoms with van der Waals surface area (Å²) in [6.45, 7) is 10.7. The van der Waals surface area contributed by atoms with Gasteiger partial charge in [0.1, 0.15) is 5.60 Å². The Hall–Kier alpha value is -1.06. The monoisotopic (exact) mass is 215 g/mol. The van der Waals surface area contributed by atoms with Crippen LogP contribution in [-0.2, 0) is 9.53 Å². The molecule has 0 aliphatic rings. The Balaban J connectivity index is 4.26. The van der Waals surface area contributed by atoms with Crippen LogP contribution in [0.15, 0.2) is 0 Å². The molecule has 15 heavy (non-hydrogen) atoms. The molecule has 0 aliphatic carbocycles. The summed E-state index contributed by atoms with van der Waals surface area (Å²) in [5, 5.41) is 2.23. The second kappa shape index (κ2) is 4.64. The Kier molecular flexibility index (Phi) is 4.31. The molecule has 0 heterocycles. The van der Waals surface area contributed by atoms with E-state index >= 15 is 0 Å². The SMILES string of the molecule is CCC(C)(C)C(=O)NC(=O)OC(C)(C)C. The normalized spacial score (nSPS) is 12.1. The fourth-order valence-corrected chi connectivity index (χ4v) is 0.726. The number of nitrogens with one attached hydrogen (secondary N) is 1. The van der Waals surface area contributed by atoms with Gasteiger partial charge in [-0.25, -0.2) is 4.79 Å². The first kappa shape index (κ1) is 13.9. The number of carbonyl (C=O) groups is 2. The third kappa shape index (κ3) is 5.40. The largest absolute Gasteiger partial charge is 0.444 e. The Labute approximate surface area is 91.4 Å². The molecule has 88 valence electrons. The van der Waals surface area contributed by atoms with E-state index in [-0.39, 0.29) is 5.91 Å². The fourth-order valence-electron chi connectivity index (χ4n) is 0.726. The number of imide groups is 1. The third-order valence-corrected chi connectivity index (χ3v) is 2.11. The van der Waals surface area contributed by atoms with Gasteiger partial charge in [-0.1, -0.05) is 20.8 Å². The summed E-state index contributed by atoms with van der Waals surface area (Å²) in [4.78, 5) is 22.9. The van der Waals surface area contributed by atoms with Gasteiger partial charge in [-0.2, -0.15) is 0 Å². The summed E-state index contributed by atoms with van der Waals surface area (Å²) in [6.07, 6.45) is -0.0178. The number of amides is 2. The van der Waals surface area contributed by atoms with E-state index in [0.29, 0.717) is 6.42 Å². The van der Waals surface area contributed by atoms with Crippen LogP contribution in [0.5, 0.6) is 0 Å². The molecule has 0 radical (unpaired) electrons. The van der Waals surface area contributed by atoms with Crippen LogP contribution in [0.2, 0.25) is 0 Å². The fraction of sp³-hybridized carbons (Fsp3) is 0.818. The Morgan fingerprint density at radius 3 is 1.93 bits per heavy atom. The highest BCUT2D eigenvalue weighted by Gasteiger charge is 2.28. The molecular weight excluding hydrogens is 194 g/mol. The van der Waals surface area contributed by atoms with E-state index < -0.39 is 17.1 Å². The zero-order valence-corrected chi connectivity index (χ0v) is 10.4. The highest BCUT2D eigenvalue weighted by atomic mass is 16.6. The van der Waals surface area contributed by atoms with Crippen LogP contribution in [0.4, 0.5) is 4.79 Å². The van der Waals surface area contributed by atoms with E-state index in [9.17, 15) is 9.59 Å². The van der Waals surface area contributed by atoms with Gasteiger partial charge >= 0.3 is 6.09 Å². The van der Waals surface area contributed by atoms with Gasteiger partial charge in [0.25, 0.3) is 0 Å². The molecule has 0 saturated carbocycles. The van der Waals surface area contributed by atoms with E-state index in [1.807, 2.05) is 6.92 Å². The van der Waals surface area contributed by atoms with Gasteiger partial charge in [-0.15, -0.1) is 0 Å². The van der Waals surface area contributed by atoms with E-state index in [4.69, 9.17) is 4.74 Å². The summed E-state index contributed by atoms with van der Waals surface area (Å²) < 4.78 is 4.98. The molecule has 0 aromatic rings. The van der Waals surface area contributed by atoms with Crippen molar-refractivity contribution in [2.75, 3.05) is 0 Å². The van der Waals surface area contributed by atoms with Crippen LogP contribution in [0.3, 0.4) is 0 Å². The van der Waals surface area contributed by atoms with Crippen molar-refractivity contribution in [2.24, 2.45) is 5.41 Å². The lowest BCUT2D eigenvalue weighted by Crippen LogP contribution is -2.42. The molecule has 0 rings (SSSR count). The molecule has 2 amide bonds. The quantitative estimate of drug-likeness (QED) is 0.769. The molecule has 0 bridgehead atoms. The molecule has 0 saturated heterocycles. The van der Waals surface area contributed by atoms with Crippen molar-refractivity contribution in [3.63, 3.8) is 0 Å². The van der Waals surface area contributed by atoms with Gasteiger partial charge in [0, 0.05) is 5.41 Å². The zero-order chi connectivity index (χ0) is 12.3. The maximum absolute atomic E-state index is 11.6. The van der Waals surface area contributed by atoms with Crippen molar-refractivity contribution in [3.05, 3.63) is 0 Å². The van der Waals surface area contributed by atoms with Gasteiger partial charge in [0.05, 0.1) is 0 Å². The van der Waals surface area contributed by atoms with Crippen molar-refractivity contribution in [1.29, 1.82) is 0 Å². The third-order valence-electron chi connectivity index (χ3n) is 2.11. The summed E-state index contributed by atoms with van der Waals surface area (Å²) in [5.74, 6) is -0.306. The molecule has 4 nitrogen and oxygen atoms in total. The maximum Gasteiger partial charge on any atom is 0.414 e. The van der Waals surface area contributed by atoms with Gasteiger partial charge in [0.15, 0.2) is 0 Å². The molecular formula is C11H21NO3. The van der Waals surface area contributed by atoms with Gasteiger partial charge in [-0.05, 0) is 27.2 Å². The minimum atomic E-state index is -0.686. The van der Waals surface area contributed by atoms with E-state index in [2.05, 4.69) is 5.32 Å². The molecule has 0 aromatic heterocycles. The average Bonchev–Trinajstić information content (AvgIpc) is 2.00. The Morgan fingerprint density at radius 2 is 1.60 bits per heavy atom. The predicted molar refractivity (Wildman–Crippen MR) is 58.4 cm³/mol. The summed E-state index contributed by atoms with van der Waals surface area (Å²) in [6, 6.07) is 0. The highest BCUT2D eigenvalue weighted by Crippen LogP contribution is 2.19. The minimum Gasteiger partial charge on any atom is -0.444 e. The van der Waals surface area contributed by atoms with Gasteiger partial charge in [0.2, 0.25) is 5.91 Å². The molecule has 0 aromatic carbocycles. The standard InChI is InChI=1S/C11H21NO3/c1-7-11(5,6)8(13)12-9(14)15-10(2,3)4/h7H2,1-6H3,(H,12,13,14). The van der Waals surface area contributed by atoms with Crippen LogP contribution in [0.25, 0.3) is 0 Å². The van der Waals surface area contributed by atoms with Crippen molar-refractivity contribution < 1.29 is 14.3 Å². The van der Waals surface area contributed by atoms with Crippen molar-refractivity contribution in [1.82, 2.24) is 5.32 Å². The lowest BCUT2D eigenvalue weighted by molar-refractivity contribution is -0.129. The maximum atomic E-state index is 11.6. The smallest absolute Gasteiger partial charge is 0.414 e. The number of ether oxygens (including phenoxy) is 1. The summed E-state index contributed by atoms with van der Waals surface area (Å²) in [7, 11) is 0. The highest BCUT2D eigenvalue weighted by molar-refractivity contribution is 5.94.